The maximum absolute atomic E-state index is 14.1. The van der Waals surface area contributed by atoms with Crippen molar-refractivity contribution in [1.82, 2.24) is 0 Å². The van der Waals surface area contributed by atoms with Crippen LogP contribution >= 0.6 is 0 Å². The Hall–Kier alpha value is -2.86. The normalized spacial score (nSPS) is 16.6. The van der Waals surface area contributed by atoms with Gasteiger partial charge in [-0.3, -0.25) is 0 Å². The zero-order valence-corrected chi connectivity index (χ0v) is 22.8. The first-order valence-corrected chi connectivity index (χ1v) is 12.2. The molecule has 182 valence electrons. The van der Waals surface area contributed by atoms with Gasteiger partial charge in [0, 0.05) is 11.7 Å². The predicted octanol–water partition coefficient (Wildman–Crippen LogP) is 4.21. The van der Waals surface area contributed by atoms with E-state index < -0.39 is 0 Å². The van der Waals surface area contributed by atoms with E-state index in [4.69, 9.17) is 9.47 Å². The zero-order chi connectivity index (χ0) is 25.4. The molecule has 0 bridgehead atoms. The fourth-order valence-corrected chi connectivity index (χ4v) is 4.62. The van der Waals surface area contributed by atoms with Gasteiger partial charge in [0.2, 0.25) is 0 Å². The molecule has 3 nitrogen and oxygen atoms in total. The number of hydrogen-bond acceptors (Lipinski definition) is 3. The molecule has 1 atom stereocenters. The fraction of sp³-hybridized carbons (Fsp3) is 0.312. The summed E-state index contributed by atoms with van der Waals surface area (Å²) in [5.74, 6) is 0.882. The average molecular weight is 475 g/mol. The molecule has 4 rings (SSSR count). The Bertz CT molecular complexity index is 1240. The molecule has 0 radical (unpaired) electrons. The Morgan fingerprint density at radius 3 is 1.92 bits per heavy atom. The van der Waals surface area contributed by atoms with E-state index in [1.807, 2.05) is 54.6 Å². The molecule has 0 spiro atoms. The van der Waals surface area contributed by atoms with Gasteiger partial charge in [0.05, 0.1) is 13.1 Å². The van der Waals surface area contributed by atoms with Crippen molar-refractivity contribution in [3.05, 3.63) is 107 Å². The number of benzene rings is 3. The van der Waals surface area contributed by atoms with Crippen LogP contribution in [0.2, 0.25) is 0 Å². The molecule has 0 amide bonds. The largest absolute Gasteiger partial charge is 1.00 e. The topological polar surface area (TPSA) is 41.5 Å². The Morgan fingerprint density at radius 1 is 0.806 bits per heavy atom. The van der Waals surface area contributed by atoms with Crippen LogP contribution in [0.15, 0.2) is 78.8 Å². The van der Waals surface area contributed by atoms with Crippen molar-refractivity contribution in [3.8, 4) is 11.5 Å². The van der Waals surface area contributed by atoms with Gasteiger partial charge in [0.15, 0.2) is 0 Å². The van der Waals surface area contributed by atoms with Crippen molar-refractivity contribution in [3.63, 3.8) is 0 Å². The first-order valence-electron chi connectivity index (χ1n) is 12.2. The van der Waals surface area contributed by atoms with Gasteiger partial charge in [-0.05, 0) is 56.4 Å². The van der Waals surface area contributed by atoms with E-state index >= 15 is 0 Å². The number of methoxy groups -OCH3 is 1. The summed E-state index contributed by atoms with van der Waals surface area (Å²) < 4.78 is 12.0. The van der Waals surface area contributed by atoms with Crippen molar-refractivity contribution in [2.45, 2.75) is 58.3 Å². The minimum Gasteiger partial charge on any atom is -0.579 e. The van der Waals surface area contributed by atoms with Crippen LogP contribution in [-0.2, 0) is 10.8 Å². The summed E-state index contributed by atoms with van der Waals surface area (Å²) in [5.41, 5.74) is 5.05. The van der Waals surface area contributed by atoms with Crippen LogP contribution in [0.25, 0.3) is 11.6 Å². The Balaban J connectivity index is 0.00000361. The molecule has 0 aromatic heterocycles. The third kappa shape index (κ3) is 5.59. The number of allylic oxidation sites excluding steroid dienone is 2. The Morgan fingerprint density at radius 2 is 1.36 bits per heavy atom. The van der Waals surface area contributed by atoms with Gasteiger partial charge in [0.1, 0.15) is 5.75 Å². The van der Waals surface area contributed by atoms with Crippen molar-refractivity contribution < 1.29 is 33.4 Å². The number of hydrogen-bond donors (Lipinski definition) is 0. The van der Waals surface area contributed by atoms with E-state index in [0.717, 1.165) is 33.6 Å². The molecule has 3 aromatic rings. The molecule has 0 saturated heterocycles. The standard InChI is InChI=1S/C32H36O3.Li/c1-31(2,3)26-19-23(34-7)20-27(32(4,5)6)29(26)35-30(33)28-24-16-12-11-15-22(24)17-18-25(28)21-13-9-8-10-14-21;/h8-20,25,33H,1-7H3;/q;+1/p-1/b30-28+;/t25-;/m1./s1. The molecule has 4 heteroatoms. The van der Waals surface area contributed by atoms with E-state index in [1.165, 1.54) is 0 Å². The molecule has 1 aliphatic rings. The van der Waals surface area contributed by atoms with Crippen molar-refractivity contribution in [2.24, 2.45) is 0 Å². The van der Waals surface area contributed by atoms with Crippen molar-refractivity contribution >= 4 is 11.6 Å². The molecular weight excluding hydrogens is 439 g/mol. The van der Waals surface area contributed by atoms with Gasteiger partial charge >= 0.3 is 18.9 Å². The molecule has 0 aliphatic heterocycles. The van der Waals surface area contributed by atoms with E-state index in [-0.39, 0.29) is 41.6 Å². The van der Waals surface area contributed by atoms with Gasteiger partial charge in [-0.2, -0.15) is 0 Å². The molecule has 36 heavy (non-hydrogen) atoms. The molecule has 1 aliphatic carbocycles. The monoisotopic (exact) mass is 474 g/mol. The van der Waals surface area contributed by atoms with Crippen LogP contribution in [0, 0.1) is 0 Å². The number of ether oxygens (including phenoxy) is 2. The third-order valence-corrected chi connectivity index (χ3v) is 6.52. The molecular formula is C32H35LiO3. The number of rotatable bonds is 4. The van der Waals surface area contributed by atoms with Gasteiger partial charge in [-0.25, -0.2) is 0 Å². The third-order valence-electron chi connectivity index (χ3n) is 6.52. The summed E-state index contributed by atoms with van der Waals surface area (Å²) in [6.07, 6.45) is 4.19. The van der Waals surface area contributed by atoms with E-state index in [2.05, 4.69) is 65.8 Å². The van der Waals surface area contributed by atoms with Gasteiger partial charge in [-0.15, -0.1) is 0 Å². The van der Waals surface area contributed by atoms with Gasteiger partial charge in [-0.1, -0.05) is 108 Å². The maximum atomic E-state index is 14.1. The summed E-state index contributed by atoms with van der Waals surface area (Å²) in [5, 5.41) is 14.1. The van der Waals surface area contributed by atoms with Crippen LogP contribution in [0.4, 0.5) is 0 Å². The molecule has 0 unspecified atom stereocenters. The van der Waals surface area contributed by atoms with E-state index in [1.54, 1.807) is 7.11 Å². The first kappa shape index (κ1) is 27.7. The molecule has 0 heterocycles. The molecule has 0 saturated carbocycles. The summed E-state index contributed by atoms with van der Waals surface area (Å²) in [4.78, 5) is 0. The minimum atomic E-state index is -0.322. The number of fused-ring (bicyclic) bond motifs is 1. The Labute approximate surface area is 228 Å². The zero-order valence-electron chi connectivity index (χ0n) is 22.8. The molecule has 0 fully saturated rings. The van der Waals surface area contributed by atoms with Crippen molar-refractivity contribution in [1.29, 1.82) is 0 Å². The Kier molecular flexibility index (Phi) is 8.19. The summed E-state index contributed by atoms with van der Waals surface area (Å²) in [6, 6.07) is 22.1. The average Bonchev–Trinajstić information content (AvgIpc) is 2.82. The van der Waals surface area contributed by atoms with E-state index in [9.17, 15) is 5.11 Å². The summed E-state index contributed by atoms with van der Waals surface area (Å²) in [6.45, 7) is 12.8. The van der Waals surface area contributed by atoms with Crippen molar-refractivity contribution in [2.75, 3.05) is 7.11 Å². The second kappa shape index (κ2) is 10.6. The second-order valence-electron chi connectivity index (χ2n) is 11.2. The van der Waals surface area contributed by atoms with Crippen LogP contribution in [0.1, 0.15) is 75.3 Å². The minimum absolute atomic E-state index is 0. The predicted molar refractivity (Wildman–Crippen MR) is 143 cm³/mol. The smallest absolute Gasteiger partial charge is 0.579 e. The maximum Gasteiger partial charge on any atom is 1.00 e. The summed E-state index contributed by atoms with van der Waals surface area (Å²) in [7, 11) is 1.67. The van der Waals surface area contributed by atoms with Crippen LogP contribution in [-0.4, -0.2) is 7.11 Å². The summed E-state index contributed by atoms with van der Waals surface area (Å²) >= 11 is 0. The molecule has 0 N–H and O–H groups in total. The van der Waals surface area contributed by atoms with Crippen LogP contribution < -0.4 is 33.4 Å². The SMILES string of the molecule is COc1cc(C(C)(C)C)c(O/C([O-])=C2\c3ccccc3C=C[C@@H]2c2ccccc2)c(C(C)(C)C)c1.[Li+]. The van der Waals surface area contributed by atoms with Crippen LogP contribution in [0.3, 0.4) is 0 Å². The first-order chi connectivity index (χ1) is 16.5. The fourth-order valence-electron chi connectivity index (χ4n) is 4.62. The van der Waals surface area contributed by atoms with Gasteiger partial charge in [0.25, 0.3) is 0 Å². The molecule has 3 aromatic carbocycles. The van der Waals surface area contributed by atoms with Gasteiger partial charge < -0.3 is 14.6 Å². The second-order valence-corrected chi connectivity index (χ2v) is 11.2. The van der Waals surface area contributed by atoms with Crippen LogP contribution in [0.5, 0.6) is 11.5 Å². The van der Waals surface area contributed by atoms with E-state index in [0.29, 0.717) is 11.3 Å². The quantitative estimate of drug-likeness (QED) is 0.420.